The number of anilines is 1. The zero-order valence-corrected chi connectivity index (χ0v) is 16.9. The highest BCUT2D eigenvalue weighted by Gasteiger charge is 2.18. The maximum atomic E-state index is 14.3. The maximum Gasteiger partial charge on any atom is 0.340 e. The Kier molecular flexibility index (Phi) is 5.71. The van der Waals surface area contributed by atoms with Gasteiger partial charge in [0, 0.05) is 29.8 Å². The van der Waals surface area contributed by atoms with Crippen LogP contribution in [0.2, 0.25) is 0 Å². The fourth-order valence-electron chi connectivity index (χ4n) is 3.26. The van der Waals surface area contributed by atoms with Crippen molar-refractivity contribution in [3.05, 3.63) is 93.9 Å². The number of hydrogen-bond donors (Lipinski definition) is 1. The van der Waals surface area contributed by atoms with Crippen molar-refractivity contribution in [2.24, 2.45) is 0 Å². The summed E-state index contributed by atoms with van der Waals surface area (Å²) < 4.78 is 18.9. The van der Waals surface area contributed by atoms with Gasteiger partial charge >= 0.3 is 11.7 Å². The van der Waals surface area contributed by atoms with Crippen LogP contribution in [0.1, 0.15) is 15.9 Å². The van der Waals surface area contributed by atoms with E-state index in [4.69, 9.17) is 0 Å². The number of aromatic nitrogens is 2. The molecule has 2 aromatic heterocycles. The molecule has 0 radical (unpaired) electrons. The zero-order valence-electron chi connectivity index (χ0n) is 16.9. The quantitative estimate of drug-likeness (QED) is 0.266. The van der Waals surface area contributed by atoms with Gasteiger partial charge in [0.05, 0.1) is 28.8 Å². The lowest BCUT2D eigenvalue weighted by atomic mass is 10.1. The van der Waals surface area contributed by atoms with E-state index in [1.54, 1.807) is 6.20 Å². The number of nitrogens with zero attached hydrogens (tertiary/aromatic N) is 3. The maximum absolute atomic E-state index is 14.3. The van der Waals surface area contributed by atoms with Crippen LogP contribution in [0.3, 0.4) is 0 Å². The van der Waals surface area contributed by atoms with Crippen molar-refractivity contribution in [1.82, 2.24) is 9.97 Å². The van der Waals surface area contributed by atoms with Gasteiger partial charge in [0.2, 0.25) is 5.82 Å². The normalized spacial score (nSPS) is 10.7. The van der Waals surface area contributed by atoms with Crippen LogP contribution in [0, 0.1) is 15.9 Å². The highest BCUT2D eigenvalue weighted by Crippen LogP contribution is 2.28. The van der Waals surface area contributed by atoms with Gasteiger partial charge in [0.1, 0.15) is 5.82 Å². The van der Waals surface area contributed by atoms with Crippen LogP contribution >= 0.6 is 0 Å². The lowest BCUT2D eigenvalue weighted by Crippen LogP contribution is -2.06. The van der Waals surface area contributed by atoms with Crippen LogP contribution in [0.5, 0.6) is 0 Å². The molecule has 8 nitrogen and oxygen atoms in total. The van der Waals surface area contributed by atoms with Crippen molar-refractivity contribution < 1.29 is 18.8 Å². The van der Waals surface area contributed by atoms with Gasteiger partial charge in [-0.05, 0) is 42.0 Å². The number of nitro groups is 1. The largest absolute Gasteiger partial charge is 0.465 e. The van der Waals surface area contributed by atoms with Crippen LogP contribution in [0.25, 0.3) is 22.2 Å². The molecule has 0 aliphatic carbocycles. The van der Waals surface area contributed by atoms with Gasteiger partial charge in [0.25, 0.3) is 0 Å². The Morgan fingerprint density at radius 1 is 1.16 bits per heavy atom. The van der Waals surface area contributed by atoms with E-state index in [0.29, 0.717) is 11.3 Å². The molecule has 0 unspecified atom stereocenters. The van der Waals surface area contributed by atoms with E-state index >= 15 is 0 Å². The van der Waals surface area contributed by atoms with Gasteiger partial charge in [-0.15, -0.1) is 0 Å². The first kappa shape index (κ1) is 20.9. The molecule has 1 N–H and O–H groups in total. The lowest BCUT2D eigenvalue weighted by molar-refractivity contribution is -0.384. The topological polar surface area (TPSA) is 107 Å². The summed E-state index contributed by atoms with van der Waals surface area (Å²) in [5.74, 6) is -1.51. The standard InChI is InChI=1S/C23H17FN4O4/c1-32-23(29)17-6-5-16(12-18(17)24)20-8-9-21(28(30)31)22(27-20)26-13-14-4-7-19-15(11-14)3-2-10-25-19/h2-12H,13H2,1H3,(H,26,27). The monoisotopic (exact) mass is 432 g/mol. The molecule has 0 bridgehead atoms. The predicted molar refractivity (Wildman–Crippen MR) is 117 cm³/mol. The van der Waals surface area contributed by atoms with Gasteiger partial charge in [0.15, 0.2) is 0 Å². The molecule has 9 heteroatoms. The van der Waals surface area contributed by atoms with Crippen molar-refractivity contribution in [2.45, 2.75) is 6.54 Å². The first-order valence-electron chi connectivity index (χ1n) is 9.57. The molecule has 2 aromatic carbocycles. The third-order valence-corrected chi connectivity index (χ3v) is 4.87. The number of halogens is 1. The minimum absolute atomic E-state index is 0.0521. The second-order valence-electron chi connectivity index (χ2n) is 6.89. The number of carbonyl (C=O) groups excluding carboxylic acids is 1. The Morgan fingerprint density at radius 3 is 2.75 bits per heavy atom. The Hall–Kier alpha value is -4.40. The summed E-state index contributed by atoms with van der Waals surface area (Å²) in [6, 6.07) is 16.1. The average molecular weight is 432 g/mol. The molecule has 4 aromatic rings. The van der Waals surface area contributed by atoms with Crippen molar-refractivity contribution in [3.8, 4) is 11.3 Å². The molecule has 0 spiro atoms. The minimum atomic E-state index is -0.793. The van der Waals surface area contributed by atoms with Crippen LogP contribution in [0.4, 0.5) is 15.9 Å². The number of esters is 1. The summed E-state index contributed by atoms with van der Waals surface area (Å²) in [4.78, 5) is 31.1. The fourth-order valence-corrected chi connectivity index (χ4v) is 3.26. The summed E-state index contributed by atoms with van der Waals surface area (Å²) >= 11 is 0. The van der Waals surface area contributed by atoms with Crippen LogP contribution < -0.4 is 5.32 Å². The third kappa shape index (κ3) is 4.22. The number of benzene rings is 2. The van der Waals surface area contributed by atoms with E-state index in [-0.39, 0.29) is 23.6 Å². The molecule has 4 rings (SSSR count). The molecule has 2 heterocycles. The summed E-state index contributed by atoms with van der Waals surface area (Å²) in [5, 5.41) is 15.4. The summed E-state index contributed by atoms with van der Waals surface area (Å²) in [5.41, 5.74) is 2.01. The van der Waals surface area contributed by atoms with Crippen LogP contribution in [0.15, 0.2) is 66.9 Å². The Balaban J connectivity index is 1.64. The molecule has 0 amide bonds. The average Bonchev–Trinajstić information content (AvgIpc) is 2.81. The van der Waals surface area contributed by atoms with Gasteiger partial charge in [-0.1, -0.05) is 18.2 Å². The third-order valence-electron chi connectivity index (χ3n) is 4.87. The van der Waals surface area contributed by atoms with Gasteiger partial charge < -0.3 is 10.1 Å². The number of hydrogen-bond acceptors (Lipinski definition) is 7. The first-order valence-corrected chi connectivity index (χ1v) is 9.57. The second-order valence-corrected chi connectivity index (χ2v) is 6.89. The fraction of sp³-hybridized carbons (Fsp3) is 0.0870. The molecule has 0 aliphatic rings. The number of carbonyl (C=O) groups is 1. The molecule has 32 heavy (non-hydrogen) atoms. The van der Waals surface area contributed by atoms with Crippen molar-refractivity contribution in [1.29, 1.82) is 0 Å². The molecule has 0 atom stereocenters. The van der Waals surface area contributed by atoms with E-state index in [9.17, 15) is 19.3 Å². The highest BCUT2D eigenvalue weighted by molar-refractivity contribution is 5.90. The molecule has 0 aliphatic heterocycles. The van der Waals surface area contributed by atoms with Gasteiger partial charge in [-0.25, -0.2) is 14.2 Å². The Morgan fingerprint density at radius 2 is 2.00 bits per heavy atom. The second kappa shape index (κ2) is 8.76. The Labute approximate surface area is 181 Å². The molecule has 160 valence electrons. The van der Waals surface area contributed by atoms with E-state index in [0.717, 1.165) is 29.6 Å². The van der Waals surface area contributed by atoms with E-state index in [1.165, 1.54) is 24.3 Å². The number of fused-ring (bicyclic) bond motifs is 1. The van der Waals surface area contributed by atoms with Crippen LogP contribution in [-0.4, -0.2) is 28.0 Å². The summed E-state index contributed by atoms with van der Waals surface area (Å²) in [6.45, 7) is 0.289. The predicted octanol–water partition coefficient (Wildman–Crippen LogP) is 4.74. The minimum Gasteiger partial charge on any atom is -0.465 e. The molecule has 0 saturated heterocycles. The molecular weight excluding hydrogens is 415 g/mol. The number of ether oxygens (including phenoxy) is 1. The SMILES string of the molecule is COC(=O)c1ccc(-c2ccc([N+](=O)[O-])c(NCc3ccc4ncccc4c3)n2)cc1F. The first-order chi connectivity index (χ1) is 15.5. The highest BCUT2D eigenvalue weighted by atomic mass is 19.1. The smallest absolute Gasteiger partial charge is 0.340 e. The van der Waals surface area contributed by atoms with Crippen molar-refractivity contribution in [3.63, 3.8) is 0 Å². The summed E-state index contributed by atoms with van der Waals surface area (Å²) in [6.07, 6.45) is 1.71. The molecule has 0 fully saturated rings. The van der Waals surface area contributed by atoms with Gasteiger partial charge in [-0.3, -0.25) is 15.1 Å². The van der Waals surface area contributed by atoms with E-state index < -0.39 is 16.7 Å². The van der Waals surface area contributed by atoms with Crippen LogP contribution in [-0.2, 0) is 11.3 Å². The Bertz CT molecular complexity index is 1340. The van der Waals surface area contributed by atoms with E-state index in [2.05, 4.69) is 20.0 Å². The number of pyridine rings is 2. The van der Waals surface area contributed by atoms with Crippen molar-refractivity contribution >= 4 is 28.4 Å². The zero-order chi connectivity index (χ0) is 22.7. The summed E-state index contributed by atoms with van der Waals surface area (Å²) in [7, 11) is 1.16. The number of methoxy groups -OCH3 is 1. The van der Waals surface area contributed by atoms with Gasteiger partial charge in [-0.2, -0.15) is 0 Å². The lowest BCUT2D eigenvalue weighted by Gasteiger charge is -2.10. The molecular formula is C23H17FN4O4. The molecule has 0 saturated carbocycles. The number of nitrogens with one attached hydrogen (secondary N) is 1. The van der Waals surface area contributed by atoms with E-state index in [1.807, 2.05) is 30.3 Å². The van der Waals surface area contributed by atoms with Crippen molar-refractivity contribution in [2.75, 3.05) is 12.4 Å². The number of rotatable bonds is 6.